The van der Waals surface area contributed by atoms with E-state index >= 15 is 0 Å². The van der Waals surface area contributed by atoms with Crippen LogP contribution in [0.25, 0.3) is 0 Å². The first-order valence-corrected chi connectivity index (χ1v) is 4.83. The number of pyridine rings is 1. The molecule has 2 N–H and O–H groups in total. The fourth-order valence-electron chi connectivity index (χ4n) is 1.57. The second-order valence-electron chi connectivity index (χ2n) is 3.49. The van der Waals surface area contributed by atoms with Crippen molar-refractivity contribution in [2.75, 3.05) is 18.4 Å². The molecule has 1 aromatic heterocycles. The van der Waals surface area contributed by atoms with E-state index in [2.05, 4.69) is 15.6 Å². The number of hydrogen-bond acceptors (Lipinski definition) is 5. The first-order chi connectivity index (χ1) is 7.25. The molecule has 1 unspecified atom stereocenters. The molecular formula is C9H13ClN4O2. The fourth-order valence-corrected chi connectivity index (χ4v) is 1.57. The van der Waals surface area contributed by atoms with Crippen LogP contribution in [0.4, 0.5) is 11.5 Å². The molecule has 1 aromatic rings. The Hall–Kier alpha value is -1.40. The van der Waals surface area contributed by atoms with Gasteiger partial charge in [0.2, 0.25) is 0 Å². The van der Waals surface area contributed by atoms with Gasteiger partial charge >= 0.3 is 0 Å². The quantitative estimate of drug-likeness (QED) is 0.617. The molecule has 2 rings (SSSR count). The third-order valence-corrected chi connectivity index (χ3v) is 2.37. The lowest BCUT2D eigenvalue weighted by molar-refractivity contribution is -0.385. The second kappa shape index (κ2) is 5.62. The highest BCUT2D eigenvalue weighted by atomic mass is 35.5. The molecular weight excluding hydrogens is 232 g/mol. The molecule has 1 saturated heterocycles. The predicted molar refractivity (Wildman–Crippen MR) is 63.0 cm³/mol. The SMILES string of the molecule is Cl.O=[N+]([O-])c1ccc(NC2CCNC2)nc1. The van der Waals surface area contributed by atoms with E-state index in [1.54, 1.807) is 6.07 Å². The number of anilines is 1. The lowest BCUT2D eigenvalue weighted by atomic mass is 10.2. The van der Waals surface area contributed by atoms with Gasteiger partial charge < -0.3 is 10.6 Å². The van der Waals surface area contributed by atoms with Gasteiger partial charge in [-0.1, -0.05) is 0 Å². The maximum absolute atomic E-state index is 10.4. The Kier molecular flexibility index (Phi) is 4.45. The van der Waals surface area contributed by atoms with Crippen molar-refractivity contribution < 1.29 is 4.92 Å². The molecule has 0 aliphatic carbocycles. The van der Waals surface area contributed by atoms with Gasteiger partial charge in [-0.2, -0.15) is 0 Å². The van der Waals surface area contributed by atoms with Crippen LogP contribution in [-0.4, -0.2) is 29.0 Å². The zero-order valence-electron chi connectivity index (χ0n) is 8.55. The topological polar surface area (TPSA) is 80.1 Å². The molecule has 1 fully saturated rings. The molecule has 88 valence electrons. The zero-order valence-corrected chi connectivity index (χ0v) is 9.37. The average molecular weight is 245 g/mol. The van der Waals surface area contributed by atoms with E-state index < -0.39 is 4.92 Å². The standard InChI is InChI=1S/C9H12N4O2.ClH/c14-13(15)8-1-2-9(11-6-8)12-7-3-4-10-5-7;/h1-2,6-7,10H,3-5H2,(H,11,12);1H. The summed E-state index contributed by atoms with van der Waals surface area (Å²) in [5, 5.41) is 16.8. The van der Waals surface area contributed by atoms with Crippen LogP contribution in [0.2, 0.25) is 0 Å². The maximum atomic E-state index is 10.4. The minimum atomic E-state index is -0.450. The van der Waals surface area contributed by atoms with Gasteiger partial charge in [-0.3, -0.25) is 10.1 Å². The smallest absolute Gasteiger partial charge is 0.287 e. The Morgan fingerprint density at radius 3 is 2.88 bits per heavy atom. The van der Waals surface area contributed by atoms with E-state index in [1.807, 2.05) is 0 Å². The van der Waals surface area contributed by atoms with Crippen molar-refractivity contribution >= 4 is 23.9 Å². The summed E-state index contributed by atoms with van der Waals surface area (Å²) < 4.78 is 0. The van der Waals surface area contributed by atoms with Crippen molar-refractivity contribution in [2.24, 2.45) is 0 Å². The van der Waals surface area contributed by atoms with Gasteiger partial charge in [0.1, 0.15) is 12.0 Å². The van der Waals surface area contributed by atoms with Crippen molar-refractivity contribution in [3.63, 3.8) is 0 Å². The molecule has 0 spiro atoms. The third kappa shape index (κ3) is 3.04. The van der Waals surface area contributed by atoms with Crippen molar-refractivity contribution in [3.05, 3.63) is 28.4 Å². The summed E-state index contributed by atoms with van der Waals surface area (Å²) in [4.78, 5) is 13.9. The van der Waals surface area contributed by atoms with Crippen molar-refractivity contribution in [2.45, 2.75) is 12.5 Å². The van der Waals surface area contributed by atoms with E-state index in [9.17, 15) is 10.1 Å². The van der Waals surface area contributed by atoms with Crippen LogP contribution in [-0.2, 0) is 0 Å². The lowest BCUT2D eigenvalue weighted by Gasteiger charge is -2.10. The maximum Gasteiger partial charge on any atom is 0.287 e. The number of halogens is 1. The summed E-state index contributed by atoms with van der Waals surface area (Å²) in [6.07, 6.45) is 2.32. The molecule has 1 atom stereocenters. The first-order valence-electron chi connectivity index (χ1n) is 4.83. The van der Waals surface area contributed by atoms with E-state index in [0.29, 0.717) is 11.9 Å². The molecule has 16 heavy (non-hydrogen) atoms. The molecule has 1 aliphatic heterocycles. The summed E-state index contributed by atoms with van der Waals surface area (Å²) in [7, 11) is 0. The molecule has 0 radical (unpaired) electrons. The molecule has 0 bridgehead atoms. The minimum absolute atomic E-state index is 0. The van der Waals surface area contributed by atoms with Crippen LogP contribution < -0.4 is 10.6 Å². The van der Waals surface area contributed by atoms with Gasteiger partial charge in [-0.25, -0.2) is 4.98 Å². The van der Waals surface area contributed by atoms with Crippen molar-refractivity contribution in [1.29, 1.82) is 0 Å². The van der Waals surface area contributed by atoms with Gasteiger partial charge in [-0.05, 0) is 19.0 Å². The third-order valence-electron chi connectivity index (χ3n) is 2.37. The number of nitrogens with one attached hydrogen (secondary N) is 2. The average Bonchev–Trinajstić information content (AvgIpc) is 2.71. The van der Waals surface area contributed by atoms with Crippen LogP contribution in [0.1, 0.15) is 6.42 Å². The normalized spacial score (nSPS) is 18.9. The highest BCUT2D eigenvalue weighted by molar-refractivity contribution is 5.85. The Balaban J connectivity index is 0.00000128. The highest BCUT2D eigenvalue weighted by Gasteiger charge is 2.14. The van der Waals surface area contributed by atoms with Crippen LogP contribution in [0.3, 0.4) is 0 Å². The number of rotatable bonds is 3. The van der Waals surface area contributed by atoms with Crippen LogP contribution in [0.15, 0.2) is 18.3 Å². The van der Waals surface area contributed by atoms with E-state index in [0.717, 1.165) is 19.5 Å². The van der Waals surface area contributed by atoms with Gasteiger partial charge in [-0.15, -0.1) is 12.4 Å². The molecule has 0 amide bonds. The molecule has 7 heteroatoms. The van der Waals surface area contributed by atoms with Crippen LogP contribution in [0, 0.1) is 10.1 Å². The largest absolute Gasteiger partial charge is 0.366 e. The van der Waals surface area contributed by atoms with Gasteiger partial charge in [0.15, 0.2) is 0 Å². The Bertz CT molecular complexity index is 351. The number of aromatic nitrogens is 1. The second-order valence-corrected chi connectivity index (χ2v) is 3.49. The Morgan fingerprint density at radius 1 is 1.56 bits per heavy atom. The van der Waals surface area contributed by atoms with Crippen LogP contribution in [0.5, 0.6) is 0 Å². The van der Waals surface area contributed by atoms with Crippen molar-refractivity contribution in [3.8, 4) is 0 Å². The summed E-state index contributed by atoms with van der Waals surface area (Å²) in [6, 6.07) is 3.47. The number of nitro groups is 1. The molecule has 2 heterocycles. The van der Waals surface area contributed by atoms with E-state index in [-0.39, 0.29) is 18.1 Å². The summed E-state index contributed by atoms with van der Waals surface area (Å²) in [5.74, 6) is 0.689. The Morgan fingerprint density at radius 2 is 2.38 bits per heavy atom. The summed E-state index contributed by atoms with van der Waals surface area (Å²) in [5.41, 5.74) is 0.0186. The lowest BCUT2D eigenvalue weighted by Crippen LogP contribution is -2.22. The fraction of sp³-hybridized carbons (Fsp3) is 0.444. The monoisotopic (exact) mass is 244 g/mol. The molecule has 6 nitrogen and oxygen atoms in total. The van der Waals surface area contributed by atoms with Gasteiger partial charge in [0, 0.05) is 18.7 Å². The first kappa shape index (κ1) is 12.7. The summed E-state index contributed by atoms with van der Waals surface area (Å²) >= 11 is 0. The van der Waals surface area contributed by atoms with E-state index in [4.69, 9.17) is 0 Å². The minimum Gasteiger partial charge on any atom is -0.366 e. The van der Waals surface area contributed by atoms with Crippen molar-refractivity contribution in [1.82, 2.24) is 10.3 Å². The predicted octanol–water partition coefficient (Wildman–Crippen LogP) is 1.19. The molecule has 1 aliphatic rings. The van der Waals surface area contributed by atoms with Gasteiger partial charge in [0.25, 0.3) is 5.69 Å². The zero-order chi connectivity index (χ0) is 10.7. The van der Waals surface area contributed by atoms with E-state index in [1.165, 1.54) is 12.3 Å². The highest BCUT2D eigenvalue weighted by Crippen LogP contribution is 2.13. The molecule has 0 saturated carbocycles. The number of nitrogens with zero attached hydrogens (tertiary/aromatic N) is 2. The Labute approximate surface area is 99.0 Å². The van der Waals surface area contributed by atoms with Gasteiger partial charge in [0.05, 0.1) is 4.92 Å². The number of hydrogen-bond donors (Lipinski definition) is 2. The molecule has 0 aromatic carbocycles. The summed E-state index contributed by atoms with van der Waals surface area (Å²) in [6.45, 7) is 1.92. The van der Waals surface area contributed by atoms with Crippen LogP contribution >= 0.6 is 12.4 Å².